The molecule has 2 nitrogen and oxygen atoms in total. The first-order valence-corrected chi connectivity index (χ1v) is 3.47. The van der Waals surface area contributed by atoms with Crippen LogP contribution in [-0.2, 0) is 4.74 Å². The van der Waals surface area contributed by atoms with E-state index in [0.717, 1.165) is 26.3 Å². The van der Waals surface area contributed by atoms with E-state index >= 15 is 0 Å². The summed E-state index contributed by atoms with van der Waals surface area (Å²) in [5.41, 5.74) is 0. The second kappa shape index (κ2) is 3.39. The van der Waals surface area contributed by atoms with Gasteiger partial charge in [0, 0.05) is 19.4 Å². The summed E-state index contributed by atoms with van der Waals surface area (Å²) in [6.07, 6.45) is 2.03. The Morgan fingerprint density at radius 2 is 2.00 bits per heavy atom. The van der Waals surface area contributed by atoms with Crippen molar-refractivity contribution in [2.24, 2.45) is 0 Å². The molecule has 1 aliphatic rings. The van der Waals surface area contributed by atoms with Crippen molar-refractivity contribution in [3.8, 4) is 0 Å². The summed E-state index contributed by atoms with van der Waals surface area (Å²) in [6.45, 7) is 3.85. The molecule has 0 aromatic heterocycles. The summed E-state index contributed by atoms with van der Waals surface area (Å²) in [5, 5.41) is 0. The average molecular weight is 132 g/mol. The van der Waals surface area contributed by atoms with Crippen LogP contribution < -0.4 is 0 Å². The fraction of sp³-hybridized carbons (Fsp3) is 0.800. The molecule has 1 heterocycles. The van der Waals surface area contributed by atoms with E-state index in [1.54, 1.807) is 0 Å². The Hall–Kier alpha value is 0.350. The topological polar surface area (TPSA) is 12.5 Å². The lowest BCUT2D eigenvalue weighted by atomic mass is 10.5. The van der Waals surface area contributed by atoms with Crippen LogP contribution in [0, 0.1) is 6.29 Å². The maximum atomic E-state index is 5.13. The third kappa shape index (κ3) is 1.70. The van der Waals surface area contributed by atoms with Gasteiger partial charge in [-0.25, -0.2) is 0 Å². The van der Waals surface area contributed by atoms with E-state index in [9.17, 15) is 0 Å². The van der Waals surface area contributed by atoms with Crippen LogP contribution in [0.25, 0.3) is 0 Å². The van der Waals surface area contributed by atoms with Crippen LogP contribution in [0.15, 0.2) is 0 Å². The Kier molecular flexibility index (Phi) is 2.74. The smallest absolute Gasteiger partial charge is 0.0594 e. The second-order valence-electron chi connectivity index (χ2n) is 1.80. The van der Waals surface area contributed by atoms with Crippen molar-refractivity contribution >= 4 is 9.24 Å². The van der Waals surface area contributed by atoms with Gasteiger partial charge in [-0.2, -0.15) is 0 Å². The first-order chi connectivity index (χ1) is 3.93. The van der Waals surface area contributed by atoms with E-state index in [1.807, 2.05) is 6.29 Å². The van der Waals surface area contributed by atoms with Gasteiger partial charge in [0.1, 0.15) is 0 Å². The van der Waals surface area contributed by atoms with Gasteiger partial charge in [0.15, 0.2) is 0 Å². The normalized spacial score (nSPS) is 23.6. The van der Waals surface area contributed by atoms with E-state index in [4.69, 9.17) is 4.74 Å². The molecule has 3 heteroatoms. The highest BCUT2D eigenvalue weighted by atomic mass is 31.0. The van der Waals surface area contributed by atoms with Crippen molar-refractivity contribution in [1.29, 1.82) is 0 Å². The van der Waals surface area contributed by atoms with Crippen molar-refractivity contribution in [2.45, 2.75) is 0 Å². The van der Waals surface area contributed by atoms with Crippen molar-refractivity contribution in [2.75, 3.05) is 26.3 Å². The Labute approximate surface area is 52.4 Å². The molecule has 47 valence electrons. The van der Waals surface area contributed by atoms with Crippen molar-refractivity contribution in [3.05, 3.63) is 6.29 Å². The Morgan fingerprint density at radius 1 is 1.38 bits per heavy atom. The van der Waals surface area contributed by atoms with Gasteiger partial charge in [0.05, 0.1) is 13.2 Å². The van der Waals surface area contributed by atoms with Gasteiger partial charge in [0.2, 0.25) is 0 Å². The molecule has 0 saturated carbocycles. The zero-order chi connectivity index (χ0) is 5.82. The second-order valence-corrected chi connectivity index (χ2v) is 2.10. The zero-order valence-electron chi connectivity index (χ0n) is 4.84. The lowest BCUT2D eigenvalue weighted by molar-refractivity contribution is 0.0561. The van der Waals surface area contributed by atoms with Crippen LogP contribution >= 0.6 is 9.24 Å². The van der Waals surface area contributed by atoms with Gasteiger partial charge >= 0.3 is 0 Å². The third-order valence-corrected chi connectivity index (χ3v) is 1.68. The summed E-state index contributed by atoms with van der Waals surface area (Å²) >= 11 is 0. The van der Waals surface area contributed by atoms with Gasteiger partial charge in [-0.05, 0) is 0 Å². The average Bonchev–Trinajstić information content (AvgIpc) is 1.90. The lowest BCUT2D eigenvalue weighted by Gasteiger charge is -2.23. The quantitative estimate of drug-likeness (QED) is 0.476. The van der Waals surface area contributed by atoms with Crippen LogP contribution in [0.1, 0.15) is 0 Å². The molecular weight excluding hydrogens is 121 g/mol. The highest BCUT2D eigenvalue weighted by molar-refractivity contribution is 7.19. The van der Waals surface area contributed by atoms with Crippen molar-refractivity contribution < 1.29 is 4.74 Å². The Balaban J connectivity index is 2.13. The van der Waals surface area contributed by atoms with Crippen LogP contribution in [-0.4, -0.2) is 31.2 Å². The highest BCUT2D eigenvalue weighted by Crippen LogP contribution is 2.02. The van der Waals surface area contributed by atoms with Crippen LogP contribution in [0.2, 0.25) is 0 Å². The Bertz CT molecular complexity index is 63.4. The molecule has 1 radical (unpaired) electrons. The van der Waals surface area contributed by atoms with E-state index < -0.39 is 0 Å². The summed E-state index contributed by atoms with van der Waals surface area (Å²) < 4.78 is 5.13. The predicted molar refractivity (Wildman–Crippen MR) is 36.4 cm³/mol. The summed E-state index contributed by atoms with van der Waals surface area (Å²) in [5.74, 6) is 0. The predicted octanol–water partition coefficient (Wildman–Crippen LogP) is 0.313. The standard InChI is InChI=1S/C5H11NOP/c8-5-6-1-3-7-4-2-6/h5H,1-4,8H2. The monoisotopic (exact) mass is 132 g/mol. The van der Waals surface area contributed by atoms with Gasteiger partial charge in [-0.3, -0.25) is 4.90 Å². The summed E-state index contributed by atoms with van der Waals surface area (Å²) in [4.78, 5) is 2.23. The first-order valence-electron chi connectivity index (χ1n) is 2.80. The minimum Gasteiger partial charge on any atom is -0.379 e. The molecular formula is C5H11NOP. The molecule has 0 aliphatic carbocycles. The molecule has 1 saturated heterocycles. The van der Waals surface area contributed by atoms with E-state index in [-0.39, 0.29) is 0 Å². The number of rotatable bonds is 1. The maximum Gasteiger partial charge on any atom is 0.0594 e. The molecule has 0 aromatic carbocycles. The minimum atomic E-state index is 0.880. The molecule has 1 unspecified atom stereocenters. The number of hydrogen-bond acceptors (Lipinski definition) is 2. The number of nitrogens with zero attached hydrogens (tertiary/aromatic N) is 1. The molecule has 8 heavy (non-hydrogen) atoms. The van der Waals surface area contributed by atoms with Gasteiger partial charge in [0.25, 0.3) is 0 Å². The van der Waals surface area contributed by atoms with Gasteiger partial charge < -0.3 is 4.74 Å². The molecule has 0 bridgehead atoms. The molecule has 1 aliphatic heterocycles. The lowest BCUT2D eigenvalue weighted by Crippen LogP contribution is -2.32. The molecule has 0 amide bonds. The summed E-state index contributed by atoms with van der Waals surface area (Å²) in [7, 11) is 2.59. The van der Waals surface area contributed by atoms with Crippen LogP contribution in [0.3, 0.4) is 0 Å². The van der Waals surface area contributed by atoms with Crippen LogP contribution in [0.5, 0.6) is 0 Å². The molecule has 1 fully saturated rings. The summed E-state index contributed by atoms with van der Waals surface area (Å²) in [6, 6.07) is 0. The van der Waals surface area contributed by atoms with Gasteiger partial charge in [-0.1, -0.05) is 0 Å². The fourth-order valence-corrected chi connectivity index (χ4v) is 1.02. The van der Waals surface area contributed by atoms with E-state index in [1.165, 1.54) is 0 Å². The molecule has 0 aromatic rings. The third-order valence-electron chi connectivity index (χ3n) is 1.26. The minimum absolute atomic E-state index is 0.880. The van der Waals surface area contributed by atoms with Crippen molar-refractivity contribution in [3.63, 3.8) is 0 Å². The fourth-order valence-electron chi connectivity index (χ4n) is 0.727. The Morgan fingerprint density at radius 3 is 2.38 bits per heavy atom. The largest absolute Gasteiger partial charge is 0.379 e. The molecule has 1 rings (SSSR count). The SMILES string of the molecule is P[CH]N1CCOCC1. The van der Waals surface area contributed by atoms with Crippen LogP contribution in [0.4, 0.5) is 0 Å². The first kappa shape index (κ1) is 6.47. The van der Waals surface area contributed by atoms with Gasteiger partial charge in [-0.15, -0.1) is 9.24 Å². The number of hydrogen-bond donors (Lipinski definition) is 0. The van der Waals surface area contributed by atoms with E-state index in [0.29, 0.717) is 0 Å². The number of morpholine rings is 1. The highest BCUT2D eigenvalue weighted by Gasteiger charge is 2.06. The molecule has 0 N–H and O–H groups in total. The zero-order valence-corrected chi connectivity index (χ0v) is 5.99. The van der Waals surface area contributed by atoms with Crippen molar-refractivity contribution in [1.82, 2.24) is 4.90 Å². The molecule has 0 spiro atoms. The maximum absolute atomic E-state index is 5.13. The molecule has 1 atom stereocenters. The number of ether oxygens (including phenoxy) is 1. The van der Waals surface area contributed by atoms with E-state index in [2.05, 4.69) is 14.1 Å².